The fourth-order valence-corrected chi connectivity index (χ4v) is 2.51. The van der Waals surface area contributed by atoms with Crippen LogP contribution in [0.15, 0.2) is 12.3 Å². The first-order valence-electron chi connectivity index (χ1n) is 6.83. The van der Waals surface area contributed by atoms with E-state index in [1.165, 1.54) is 6.20 Å². The number of carboxylic acids is 1. The predicted molar refractivity (Wildman–Crippen MR) is 74.3 cm³/mol. The van der Waals surface area contributed by atoms with Gasteiger partial charge in [0.05, 0.1) is 10.3 Å². The molecule has 1 aliphatic carbocycles. The van der Waals surface area contributed by atoms with Gasteiger partial charge in [-0.05, 0) is 39.5 Å². The van der Waals surface area contributed by atoms with Gasteiger partial charge < -0.3 is 9.84 Å². The lowest BCUT2D eigenvalue weighted by molar-refractivity contribution is -0.385. The van der Waals surface area contributed by atoms with E-state index in [1.807, 2.05) is 0 Å². The maximum Gasteiger partial charge on any atom is 0.309 e. The van der Waals surface area contributed by atoms with Crippen molar-refractivity contribution in [2.24, 2.45) is 5.41 Å². The van der Waals surface area contributed by atoms with Crippen LogP contribution in [0.4, 0.5) is 5.69 Å². The highest BCUT2D eigenvalue weighted by Gasteiger charge is 2.38. The van der Waals surface area contributed by atoms with Crippen LogP contribution in [-0.4, -0.2) is 27.1 Å². The molecule has 0 amide bonds. The summed E-state index contributed by atoms with van der Waals surface area (Å²) in [6, 6.07) is 1.54. The lowest BCUT2D eigenvalue weighted by atomic mass is 9.75. The van der Waals surface area contributed by atoms with Gasteiger partial charge in [0, 0.05) is 11.6 Å². The van der Waals surface area contributed by atoms with Crippen LogP contribution in [0.25, 0.3) is 0 Å². The third-order valence-electron chi connectivity index (χ3n) is 4.09. The minimum absolute atomic E-state index is 0.0375. The number of nitro groups is 1. The topological polar surface area (TPSA) is 103 Å². The summed E-state index contributed by atoms with van der Waals surface area (Å²) in [6.07, 6.45) is 3.49. The first-order chi connectivity index (χ1) is 9.82. The molecule has 7 nitrogen and oxygen atoms in total. The summed E-state index contributed by atoms with van der Waals surface area (Å²) in [5.74, 6) is -0.424. The Morgan fingerprint density at radius 3 is 2.62 bits per heavy atom. The molecule has 0 aromatic carbocycles. The molecule has 0 unspecified atom stereocenters. The maximum atomic E-state index is 11.2. The second-order valence-corrected chi connectivity index (χ2v) is 5.75. The number of pyridine rings is 1. The molecule has 7 heteroatoms. The highest BCUT2D eigenvalue weighted by atomic mass is 16.6. The normalized spacial score (nSPS) is 25.3. The molecule has 1 fully saturated rings. The minimum atomic E-state index is -0.773. The zero-order chi connectivity index (χ0) is 15.6. The molecule has 0 atom stereocenters. The van der Waals surface area contributed by atoms with Crippen molar-refractivity contribution >= 4 is 11.7 Å². The second kappa shape index (κ2) is 5.67. The second-order valence-electron chi connectivity index (χ2n) is 5.75. The Kier molecular flexibility index (Phi) is 4.11. The van der Waals surface area contributed by atoms with Crippen molar-refractivity contribution in [3.8, 4) is 5.88 Å². The van der Waals surface area contributed by atoms with E-state index in [2.05, 4.69) is 4.98 Å². The van der Waals surface area contributed by atoms with Gasteiger partial charge in [0.1, 0.15) is 12.3 Å². The van der Waals surface area contributed by atoms with Crippen molar-refractivity contribution in [3.05, 3.63) is 27.9 Å². The number of carbonyl (C=O) groups is 1. The quantitative estimate of drug-likeness (QED) is 0.676. The number of hydrogen-bond acceptors (Lipinski definition) is 5. The summed E-state index contributed by atoms with van der Waals surface area (Å²) in [4.78, 5) is 25.4. The first-order valence-corrected chi connectivity index (χ1v) is 6.83. The first kappa shape index (κ1) is 15.2. The SMILES string of the molecule is Cc1cc(OC2CCC(C)(C(=O)O)CC2)ncc1[N+](=O)[O-]. The number of ether oxygens (including phenoxy) is 1. The molecule has 21 heavy (non-hydrogen) atoms. The summed E-state index contributed by atoms with van der Waals surface area (Å²) in [7, 11) is 0. The van der Waals surface area contributed by atoms with Crippen LogP contribution >= 0.6 is 0 Å². The monoisotopic (exact) mass is 294 g/mol. The Hall–Kier alpha value is -2.18. The minimum Gasteiger partial charge on any atom is -0.481 e. The fraction of sp³-hybridized carbons (Fsp3) is 0.571. The van der Waals surface area contributed by atoms with Crippen molar-refractivity contribution in [1.29, 1.82) is 0 Å². The number of rotatable bonds is 4. The highest BCUT2D eigenvalue weighted by molar-refractivity contribution is 5.74. The standard InChI is InChI=1S/C14H18N2O5/c1-9-7-12(15-8-11(9)16(19)20)21-10-3-5-14(2,6-4-10)13(17)18/h7-8,10H,3-6H2,1-2H3,(H,17,18). The van der Waals surface area contributed by atoms with Crippen LogP contribution in [0.1, 0.15) is 38.2 Å². The number of aryl methyl sites for hydroxylation is 1. The van der Waals surface area contributed by atoms with Gasteiger partial charge in [-0.25, -0.2) is 4.98 Å². The zero-order valence-electron chi connectivity index (χ0n) is 12.0. The molecule has 2 rings (SSSR count). The van der Waals surface area contributed by atoms with E-state index < -0.39 is 16.3 Å². The van der Waals surface area contributed by atoms with Crippen LogP contribution in [0.3, 0.4) is 0 Å². The zero-order valence-corrected chi connectivity index (χ0v) is 12.0. The van der Waals surface area contributed by atoms with Crippen LogP contribution < -0.4 is 4.74 Å². The van der Waals surface area contributed by atoms with E-state index in [0.29, 0.717) is 37.1 Å². The molecule has 0 saturated heterocycles. The summed E-state index contributed by atoms with van der Waals surface area (Å²) < 4.78 is 5.72. The van der Waals surface area contributed by atoms with Crippen molar-refractivity contribution in [1.82, 2.24) is 4.98 Å². The van der Waals surface area contributed by atoms with Gasteiger partial charge in [-0.2, -0.15) is 0 Å². The van der Waals surface area contributed by atoms with Gasteiger partial charge in [0.2, 0.25) is 5.88 Å². The van der Waals surface area contributed by atoms with E-state index >= 15 is 0 Å². The molecular weight excluding hydrogens is 276 g/mol. The van der Waals surface area contributed by atoms with Gasteiger partial charge in [0.15, 0.2) is 0 Å². The van der Waals surface area contributed by atoms with E-state index in [4.69, 9.17) is 4.74 Å². The molecule has 1 heterocycles. The fourth-order valence-electron chi connectivity index (χ4n) is 2.51. The van der Waals surface area contributed by atoms with Crippen LogP contribution in [0.2, 0.25) is 0 Å². The molecular formula is C14H18N2O5. The third-order valence-corrected chi connectivity index (χ3v) is 4.09. The summed E-state index contributed by atoms with van der Waals surface area (Å²) in [6.45, 7) is 3.38. The van der Waals surface area contributed by atoms with Gasteiger partial charge in [-0.15, -0.1) is 0 Å². The van der Waals surface area contributed by atoms with E-state index in [9.17, 15) is 20.0 Å². The predicted octanol–water partition coefficient (Wildman–Crippen LogP) is 2.71. The van der Waals surface area contributed by atoms with Crippen molar-refractivity contribution < 1.29 is 19.6 Å². The Balaban J connectivity index is 2.00. The largest absolute Gasteiger partial charge is 0.481 e. The van der Waals surface area contributed by atoms with Crippen molar-refractivity contribution in [2.45, 2.75) is 45.6 Å². The lowest BCUT2D eigenvalue weighted by Crippen LogP contribution is -2.36. The van der Waals surface area contributed by atoms with Gasteiger partial charge in [-0.1, -0.05) is 0 Å². The molecule has 1 aromatic rings. The molecule has 1 saturated carbocycles. The molecule has 0 bridgehead atoms. The molecule has 1 aliphatic rings. The van der Waals surface area contributed by atoms with Crippen LogP contribution in [-0.2, 0) is 4.79 Å². The summed E-state index contributed by atoms with van der Waals surface area (Å²) in [5.41, 5.74) is -0.223. The van der Waals surface area contributed by atoms with E-state index in [-0.39, 0.29) is 11.8 Å². The van der Waals surface area contributed by atoms with Gasteiger partial charge >= 0.3 is 5.97 Å². The molecule has 0 spiro atoms. The molecule has 1 N–H and O–H groups in total. The van der Waals surface area contributed by atoms with Gasteiger partial charge in [-0.3, -0.25) is 14.9 Å². The van der Waals surface area contributed by atoms with Gasteiger partial charge in [0.25, 0.3) is 5.69 Å². The number of aliphatic carboxylic acids is 1. The Morgan fingerprint density at radius 2 is 2.14 bits per heavy atom. The van der Waals surface area contributed by atoms with E-state index in [1.54, 1.807) is 19.9 Å². The van der Waals surface area contributed by atoms with E-state index in [0.717, 1.165) is 0 Å². The van der Waals surface area contributed by atoms with Crippen LogP contribution in [0.5, 0.6) is 5.88 Å². The molecule has 0 aliphatic heterocycles. The Labute approximate surface area is 122 Å². The molecule has 1 aromatic heterocycles. The number of aromatic nitrogens is 1. The number of hydrogen-bond donors (Lipinski definition) is 1. The molecule has 114 valence electrons. The Morgan fingerprint density at radius 1 is 1.52 bits per heavy atom. The average Bonchev–Trinajstić information content (AvgIpc) is 2.41. The maximum absolute atomic E-state index is 11.2. The smallest absolute Gasteiger partial charge is 0.309 e. The summed E-state index contributed by atoms with van der Waals surface area (Å²) >= 11 is 0. The van der Waals surface area contributed by atoms with Crippen molar-refractivity contribution in [2.75, 3.05) is 0 Å². The lowest BCUT2D eigenvalue weighted by Gasteiger charge is -2.33. The highest BCUT2D eigenvalue weighted by Crippen LogP contribution is 2.37. The van der Waals surface area contributed by atoms with Crippen molar-refractivity contribution in [3.63, 3.8) is 0 Å². The molecule has 0 radical (unpaired) electrons. The summed E-state index contributed by atoms with van der Waals surface area (Å²) in [5, 5.41) is 19.9. The van der Waals surface area contributed by atoms with Crippen LogP contribution in [0, 0.1) is 22.5 Å². The number of carboxylic acid groups (broad SMARTS) is 1. The third kappa shape index (κ3) is 3.29. The average molecular weight is 294 g/mol. The Bertz CT molecular complexity index is 564. The number of nitrogens with zero attached hydrogens (tertiary/aromatic N) is 2.